The molecule has 4 rings (SSSR count). The summed E-state index contributed by atoms with van der Waals surface area (Å²) >= 11 is 1.38. The molecule has 0 saturated heterocycles. The summed E-state index contributed by atoms with van der Waals surface area (Å²) in [5.41, 5.74) is 2.29. The third-order valence-electron chi connectivity index (χ3n) is 4.13. The summed E-state index contributed by atoms with van der Waals surface area (Å²) in [7, 11) is 0. The molecule has 2 heterocycles. The van der Waals surface area contributed by atoms with Gasteiger partial charge in [0.05, 0.1) is 11.3 Å². The van der Waals surface area contributed by atoms with Crippen molar-refractivity contribution < 1.29 is 18.7 Å². The number of nitrogens with zero attached hydrogens (tertiary/aromatic N) is 1. The van der Waals surface area contributed by atoms with Crippen LogP contribution in [0.1, 0.15) is 15.9 Å². The van der Waals surface area contributed by atoms with Crippen LogP contribution in [0.2, 0.25) is 0 Å². The second kappa shape index (κ2) is 6.96. The van der Waals surface area contributed by atoms with Crippen molar-refractivity contribution >= 4 is 28.4 Å². The van der Waals surface area contributed by atoms with Crippen LogP contribution in [0.4, 0.5) is 4.39 Å². The number of fused-ring (bicyclic) bond motifs is 2. The van der Waals surface area contributed by atoms with Gasteiger partial charge in [0.1, 0.15) is 24.1 Å². The Balaban J connectivity index is 1.57. The number of ether oxygens (including phenoxy) is 2. The molecule has 0 unspecified atom stereocenters. The summed E-state index contributed by atoms with van der Waals surface area (Å²) in [6.07, 6.45) is 0. The molecule has 0 spiro atoms. The number of aromatic nitrogens is 1. The van der Waals surface area contributed by atoms with Crippen LogP contribution >= 0.6 is 11.8 Å². The number of hydrogen-bond donors (Lipinski definition) is 0. The molecule has 26 heavy (non-hydrogen) atoms. The summed E-state index contributed by atoms with van der Waals surface area (Å²) < 4.78 is 24.2. The van der Waals surface area contributed by atoms with E-state index in [-0.39, 0.29) is 17.4 Å². The molecule has 0 N–H and O–H groups in total. The minimum atomic E-state index is -0.351. The van der Waals surface area contributed by atoms with Crippen LogP contribution in [0, 0.1) is 12.7 Å². The zero-order valence-corrected chi connectivity index (χ0v) is 14.9. The van der Waals surface area contributed by atoms with Crippen molar-refractivity contribution in [1.29, 1.82) is 0 Å². The number of thioether (sulfide) groups is 1. The maximum atomic E-state index is 13.0. The Morgan fingerprint density at radius 1 is 1.12 bits per heavy atom. The Morgan fingerprint density at radius 2 is 1.81 bits per heavy atom. The van der Waals surface area contributed by atoms with Gasteiger partial charge in [0.2, 0.25) is 0 Å². The van der Waals surface area contributed by atoms with Crippen molar-refractivity contribution in [2.75, 3.05) is 19.0 Å². The number of aryl methyl sites for hydroxylation is 1. The number of halogens is 1. The van der Waals surface area contributed by atoms with Crippen molar-refractivity contribution in [2.24, 2.45) is 0 Å². The van der Waals surface area contributed by atoms with Crippen LogP contribution in [0.5, 0.6) is 11.5 Å². The maximum absolute atomic E-state index is 13.0. The summed E-state index contributed by atoms with van der Waals surface area (Å²) in [5.74, 6) is 1.26. The summed E-state index contributed by atoms with van der Waals surface area (Å²) in [4.78, 5) is 17.0. The fourth-order valence-electron chi connectivity index (χ4n) is 2.80. The van der Waals surface area contributed by atoms with E-state index in [4.69, 9.17) is 9.47 Å². The van der Waals surface area contributed by atoms with Gasteiger partial charge in [-0.15, -0.1) is 0 Å². The van der Waals surface area contributed by atoms with Crippen molar-refractivity contribution in [3.05, 3.63) is 59.4 Å². The fourth-order valence-corrected chi connectivity index (χ4v) is 3.68. The van der Waals surface area contributed by atoms with E-state index in [1.54, 1.807) is 0 Å². The van der Waals surface area contributed by atoms with E-state index in [0.29, 0.717) is 24.5 Å². The van der Waals surface area contributed by atoms with Gasteiger partial charge >= 0.3 is 0 Å². The first-order chi connectivity index (χ1) is 12.6. The van der Waals surface area contributed by atoms with Crippen LogP contribution in [0.25, 0.3) is 10.9 Å². The van der Waals surface area contributed by atoms with Gasteiger partial charge in [-0.05, 0) is 48.9 Å². The Kier molecular flexibility index (Phi) is 4.51. The molecule has 1 aliphatic rings. The van der Waals surface area contributed by atoms with E-state index in [9.17, 15) is 9.18 Å². The standard InChI is InChI=1S/C20H16FNO3S/c1-12-8-14-9-18-19(25-7-6-24-18)10-16(14)22-20(12)26-11-17(23)13-2-4-15(21)5-3-13/h2-5,8-10H,6-7,11H2,1H3. The summed E-state index contributed by atoms with van der Waals surface area (Å²) in [6, 6.07) is 11.4. The van der Waals surface area contributed by atoms with Crippen LogP contribution in [-0.2, 0) is 0 Å². The molecule has 3 aromatic rings. The summed E-state index contributed by atoms with van der Waals surface area (Å²) in [6.45, 7) is 3.04. The fraction of sp³-hybridized carbons (Fsp3) is 0.200. The zero-order chi connectivity index (χ0) is 18.1. The quantitative estimate of drug-likeness (QED) is 0.503. The van der Waals surface area contributed by atoms with Gasteiger partial charge in [0.15, 0.2) is 17.3 Å². The molecule has 132 valence electrons. The molecule has 2 aromatic carbocycles. The molecule has 0 fully saturated rings. The molecule has 0 aliphatic carbocycles. The van der Waals surface area contributed by atoms with Crippen molar-refractivity contribution in [3.63, 3.8) is 0 Å². The molecule has 1 aliphatic heterocycles. The molecule has 4 nitrogen and oxygen atoms in total. The highest BCUT2D eigenvalue weighted by Gasteiger charge is 2.15. The average molecular weight is 369 g/mol. The zero-order valence-electron chi connectivity index (χ0n) is 14.1. The number of carbonyl (C=O) groups is 1. The van der Waals surface area contributed by atoms with Crippen molar-refractivity contribution in [2.45, 2.75) is 11.9 Å². The first-order valence-electron chi connectivity index (χ1n) is 8.23. The lowest BCUT2D eigenvalue weighted by atomic mass is 10.1. The van der Waals surface area contributed by atoms with Gasteiger partial charge in [0, 0.05) is 17.0 Å². The molecule has 0 saturated carbocycles. The van der Waals surface area contributed by atoms with E-state index in [0.717, 1.165) is 27.2 Å². The van der Waals surface area contributed by atoms with Crippen LogP contribution in [0.15, 0.2) is 47.5 Å². The number of ketones is 1. The minimum absolute atomic E-state index is 0.0570. The Morgan fingerprint density at radius 3 is 2.54 bits per heavy atom. The van der Waals surface area contributed by atoms with Crippen LogP contribution in [-0.4, -0.2) is 29.7 Å². The lowest BCUT2D eigenvalue weighted by Gasteiger charge is -2.19. The topological polar surface area (TPSA) is 48.4 Å². The minimum Gasteiger partial charge on any atom is -0.486 e. The highest BCUT2D eigenvalue weighted by Crippen LogP contribution is 2.35. The van der Waals surface area contributed by atoms with Gasteiger partial charge < -0.3 is 9.47 Å². The molecule has 6 heteroatoms. The third-order valence-corrected chi connectivity index (χ3v) is 5.22. The normalized spacial score (nSPS) is 13.0. The maximum Gasteiger partial charge on any atom is 0.173 e. The van der Waals surface area contributed by atoms with Gasteiger partial charge in [-0.3, -0.25) is 4.79 Å². The molecule has 0 atom stereocenters. The lowest BCUT2D eigenvalue weighted by molar-refractivity contribution is 0.102. The average Bonchev–Trinajstić information content (AvgIpc) is 2.65. The first-order valence-corrected chi connectivity index (χ1v) is 9.21. The Bertz CT molecular complexity index is 989. The molecule has 0 amide bonds. The largest absolute Gasteiger partial charge is 0.486 e. The van der Waals surface area contributed by atoms with Crippen molar-refractivity contribution in [3.8, 4) is 11.5 Å². The molecule has 1 aromatic heterocycles. The van der Waals surface area contributed by atoms with E-state index >= 15 is 0 Å². The molecule has 0 radical (unpaired) electrons. The summed E-state index contributed by atoms with van der Waals surface area (Å²) in [5, 5.41) is 1.77. The van der Waals surface area contributed by atoms with E-state index in [2.05, 4.69) is 4.98 Å². The molecular formula is C20H16FNO3S. The van der Waals surface area contributed by atoms with Gasteiger partial charge in [-0.25, -0.2) is 9.37 Å². The number of hydrogen-bond acceptors (Lipinski definition) is 5. The van der Waals surface area contributed by atoms with Crippen LogP contribution in [0.3, 0.4) is 0 Å². The smallest absolute Gasteiger partial charge is 0.173 e. The van der Waals surface area contributed by atoms with E-state index < -0.39 is 0 Å². The van der Waals surface area contributed by atoms with Gasteiger partial charge in [0.25, 0.3) is 0 Å². The predicted octanol–water partition coefficient (Wildman–Crippen LogP) is 4.43. The first kappa shape index (κ1) is 16.8. The van der Waals surface area contributed by atoms with Gasteiger partial charge in [-0.2, -0.15) is 0 Å². The molecule has 0 bridgehead atoms. The number of rotatable bonds is 4. The second-order valence-electron chi connectivity index (χ2n) is 6.02. The van der Waals surface area contributed by atoms with Crippen molar-refractivity contribution in [1.82, 2.24) is 4.98 Å². The SMILES string of the molecule is Cc1cc2cc3c(cc2nc1SCC(=O)c1ccc(F)cc1)OCCO3. The number of benzene rings is 2. The number of carbonyl (C=O) groups excluding carboxylic acids is 1. The lowest BCUT2D eigenvalue weighted by Crippen LogP contribution is -2.15. The highest BCUT2D eigenvalue weighted by atomic mass is 32.2. The number of pyridine rings is 1. The van der Waals surface area contributed by atoms with Gasteiger partial charge in [-0.1, -0.05) is 11.8 Å². The number of Topliss-reactive ketones (excluding diaryl/α,β-unsaturated/α-hetero) is 1. The monoisotopic (exact) mass is 369 g/mol. The Labute approximate surface area is 154 Å². The molecular weight excluding hydrogens is 353 g/mol. The highest BCUT2D eigenvalue weighted by molar-refractivity contribution is 8.00. The third kappa shape index (κ3) is 3.37. The predicted molar refractivity (Wildman–Crippen MR) is 98.9 cm³/mol. The van der Waals surface area contributed by atoms with Crippen LogP contribution < -0.4 is 9.47 Å². The Hall–Kier alpha value is -2.60. The second-order valence-corrected chi connectivity index (χ2v) is 6.98. The van der Waals surface area contributed by atoms with E-state index in [1.165, 1.54) is 36.0 Å². The van der Waals surface area contributed by atoms with E-state index in [1.807, 2.05) is 25.1 Å².